The molecule has 140 valence electrons. The molecule has 26 heavy (non-hydrogen) atoms. The van der Waals surface area contributed by atoms with Crippen molar-refractivity contribution in [2.75, 3.05) is 19.6 Å². The Labute approximate surface area is 157 Å². The number of carbonyl (C=O) groups is 2. The van der Waals surface area contributed by atoms with Gasteiger partial charge in [0.25, 0.3) is 5.91 Å². The fourth-order valence-electron chi connectivity index (χ4n) is 3.19. The maximum Gasteiger partial charge on any atom is 0.318 e. The van der Waals surface area contributed by atoms with Crippen LogP contribution in [0.15, 0.2) is 34.1 Å². The molecule has 1 saturated heterocycles. The van der Waals surface area contributed by atoms with Gasteiger partial charge in [-0.05, 0) is 50.3 Å². The van der Waals surface area contributed by atoms with Gasteiger partial charge in [0, 0.05) is 25.7 Å². The molecule has 0 bridgehead atoms. The van der Waals surface area contributed by atoms with Gasteiger partial charge in [0.15, 0.2) is 0 Å². The topological polar surface area (TPSA) is 65.8 Å². The quantitative estimate of drug-likeness (QED) is 0.870. The number of likely N-dealkylation sites (tertiary alicyclic amines) is 1. The number of amides is 3. The van der Waals surface area contributed by atoms with Crippen LogP contribution in [0.25, 0.3) is 0 Å². The van der Waals surface area contributed by atoms with E-state index < -0.39 is 0 Å². The van der Waals surface area contributed by atoms with E-state index in [1.165, 1.54) is 11.3 Å². The molecule has 0 aromatic carbocycles. The van der Waals surface area contributed by atoms with E-state index in [9.17, 15) is 9.59 Å². The first-order chi connectivity index (χ1) is 12.6. The smallest absolute Gasteiger partial charge is 0.318 e. The lowest BCUT2D eigenvalue weighted by atomic mass is 10.1. The van der Waals surface area contributed by atoms with E-state index in [4.69, 9.17) is 4.42 Å². The van der Waals surface area contributed by atoms with Crippen LogP contribution in [0.5, 0.6) is 0 Å². The van der Waals surface area contributed by atoms with Crippen molar-refractivity contribution < 1.29 is 14.0 Å². The fourth-order valence-corrected chi connectivity index (χ4v) is 3.88. The summed E-state index contributed by atoms with van der Waals surface area (Å²) < 4.78 is 5.57. The van der Waals surface area contributed by atoms with Crippen LogP contribution in [0.3, 0.4) is 0 Å². The van der Waals surface area contributed by atoms with Crippen LogP contribution in [0.4, 0.5) is 4.79 Å². The Morgan fingerprint density at radius 2 is 2.23 bits per heavy atom. The van der Waals surface area contributed by atoms with E-state index in [2.05, 4.69) is 5.32 Å². The van der Waals surface area contributed by atoms with Crippen molar-refractivity contribution in [1.82, 2.24) is 15.1 Å². The average molecular weight is 375 g/mol. The minimum absolute atomic E-state index is 0.0208. The number of nitrogens with zero attached hydrogens (tertiary/aromatic N) is 2. The number of carbonyl (C=O) groups excluding carboxylic acids is 2. The number of rotatable bonds is 5. The second-order valence-electron chi connectivity index (χ2n) is 6.54. The van der Waals surface area contributed by atoms with Crippen LogP contribution in [0, 0.1) is 6.92 Å². The van der Waals surface area contributed by atoms with Crippen molar-refractivity contribution in [1.29, 1.82) is 0 Å². The summed E-state index contributed by atoms with van der Waals surface area (Å²) in [6.07, 6.45) is 1.78. The van der Waals surface area contributed by atoms with E-state index in [0.717, 1.165) is 35.8 Å². The van der Waals surface area contributed by atoms with E-state index in [1.54, 1.807) is 4.90 Å². The first-order valence-electron chi connectivity index (χ1n) is 9.00. The van der Waals surface area contributed by atoms with Gasteiger partial charge >= 0.3 is 6.03 Å². The van der Waals surface area contributed by atoms with Crippen LogP contribution < -0.4 is 5.32 Å². The Kier molecular flexibility index (Phi) is 5.98. The lowest BCUT2D eigenvalue weighted by molar-refractivity contribution is 0.0699. The molecule has 3 rings (SSSR count). The molecule has 0 aliphatic carbocycles. The number of furan rings is 1. The molecule has 1 aliphatic heterocycles. The summed E-state index contributed by atoms with van der Waals surface area (Å²) in [6, 6.07) is 7.39. The van der Waals surface area contributed by atoms with Crippen molar-refractivity contribution in [3.63, 3.8) is 0 Å². The molecule has 3 amide bonds. The maximum atomic E-state index is 12.6. The highest BCUT2D eigenvalue weighted by atomic mass is 32.1. The molecule has 1 aliphatic rings. The van der Waals surface area contributed by atoms with Crippen molar-refractivity contribution in [3.8, 4) is 0 Å². The highest BCUT2D eigenvalue weighted by Crippen LogP contribution is 2.17. The molecule has 0 saturated carbocycles. The minimum atomic E-state index is -0.114. The van der Waals surface area contributed by atoms with Gasteiger partial charge in [0.1, 0.15) is 11.5 Å². The minimum Gasteiger partial charge on any atom is -0.464 e. The zero-order valence-electron chi connectivity index (χ0n) is 15.2. The molecule has 1 atom stereocenters. The predicted octanol–water partition coefficient (Wildman–Crippen LogP) is 3.49. The zero-order valence-corrected chi connectivity index (χ0v) is 16.1. The Hall–Kier alpha value is -2.28. The van der Waals surface area contributed by atoms with Gasteiger partial charge in [0.2, 0.25) is 0 Å². The second kappa shape index (κ2) is 8.40. The highest BCUT2D eigenvalue weighted by molar-refractivity contribution is 7.12. The van der Waals surface area contributed by atoms with Gasteiger partial charge in [-0.2, -0.15) is 0 Å². The third-order valence-electron chi connectivity index (χ3n) is 4.58. The summed E-state index contributed by atoms with van der Waals surface area (Å²) in [5.74, 6) is 1.67. The zero-order chi connectivity index (χ0) is 18.5. The predicted molar refractivity (Wildman–Crippen MR) is 101 cm³/mol. The van der Waals surface area contributed by atoms with Gasteiger partial charge < -0.3 is 19.5 Å². The summed E-state index contributed by atoms with van der Waals surface area (Å²) in [5.41, 5.74) is 0. The first-order valence-corrected chi connectivity index (χ1v) is 9.88. The number of hydrogen-bond donors (Lipinski definition) is 1. The number of urea groups is 1. The monoisotopic (exact) mass is 375 g/mol. The molecule has 3 heterocycles. The van der Waals surface area contributed by atoms with Crippen molar-refractivity contribution in [3.05, 3.63) is 46.0 Å². The molecule has 0 radical (unpaired) electrons. The largest absolute Gasteiger partial charge is 0.464 e. The van der Waals surface area contributed by atoms with Crippen LogP contribution in [-0.2, 0) is 6.54 Å². The molecular weight excluding hydrogens is 350 g/mol. The Morgan fingerprint density at radius 1 is 1.38 bits per heavy atom. The fraction of sp³-hybridized carbons (Fsp3) is 0.474. The lowest BCUT2D eigenvalue weighted by Crippen LogP contribution is -2.52. The summed E-state index contributed by atoms with van der Waals surface area (Å²) in [5, 5.41) is 4.99. The Morgan fingerprint density at radius 3 is 2.88 bits per heavy atom. The van der Waals surface area contributed by atoms with Crippen LogP contribution in [0.1, 0.15) is 41.0 Å². The van der Waals surface area contributed by atoms with Crippen LogP contribution in [-0.4, -0.2) is 47.4 Å². The Bertz CT molecular complexity index is 741. The SMILES string of the molecule is CCN(Cc1ccc(C)o1)C(=O)N[C@H]1CCCN(C(=O)c2cccs2)C1. The van der Waals surface area contributed by atoms with E-state index in [1.807, 2.05) is 48.4 Å². The normalized spacial score (nSPS) is 17.2. The summed E-state index contributed by atoms with van der Waals surface area (Å²) in [6.45, 7) is 6.17. The number of thiophene rings is 1. The van der Waals surface area contributed by atoms with E-state index in [0.29, 0.717) is 19.6 Å². The van der Waals surface area contributed by atoms with Gasteiger partial charge in [-0.1, -0.05) is 6.07 Å². The molecular formula is C19H25N3O3S. The first kappa shape index (κ1) is 18.5. The summed E-state index contributed by atoms with van der Waals surface area (Å²) >= 11 is 1.45. The molecule has 2 aromatic rings. The molecule has 6 nitrogen and oxygen atoms in total. The highest BCUT2D eigenvalue weighted by Gasteiger charge is 2.27. The maximum absolute atomic E-state index is 12.6. The molecule has 0 unspecified atom stereocenters. The lowest BCUT2D eigenvalue weighted by Gasteiger charge is -2.34. The van der Waals surface area contributed by atoms with Crippen molar-refractivity contribution >= 4 is 23.3 Å². The second-order valence-corrected chi connectivity index (χ2v) is 7.49. The van der Waals surface area contributed by atoms with Crippen molar-refractivity contribution in [2.45, 2.75) is 39.3 Å². The van der Waals surface area contributed by atoms with Crippen LogP contribution in [0.2, 0.25) is 0 Å². The van der Waals surface area contributed by atoms with Gasteiger partial charge in [-0.3, -0.25) is 4.79 Å². The number of piperidine rings is 1. The van der Waals surface area contributed by atoms with Gasteiger partial charge in [-0.15, -0.1) is 11.3 Å². The van der Waals surface area contributed by atoms with E-state index in [-0.39, 0.29) is 18.0 Å². The van der Waals surface area contributed by atoms with E-state index >= 15 is 0 Å². The molecule has 7 heteroatoms. The third kappa shape index (κ3) is 4.46. The molecule has 2 aromatic heterocycles. The number of aryl methyl sites for hydroxylation is 1. The van der Waals surface area contributed by atoms with Gasteiger partial charge in [-0.25, -0.2) is 4.79 Å². The number of hydrogen-bond acceptors (Lipinski definition) is 4. The Balaban J connectivity index is 1.56. The summed E-state index contributed by atoms with van der Waals surface area (Å²) in [7, 11) is 0. The van der Waals surface area contributed by atoms with Crippen LogP contribution >= 0.6 is 11.3 Å². The average Bonchev–Trinajstić information content (AvgIpc) is 3.31. The molecule has 0 spiro atoms. The molecule has 1 N–H and O–H groups in total. The van der Waals surface area contributed by atoms with Crippen molar-refractivity contribution in [2.24, 2.45) is 0 Å². The standard InChI is InChI=1S/C19H25N3O3S/c1-3-21(13-16-9-8-14(2)25-16)19(24)20-15-6-4-10-22(12-15)18(23)17-7-5-11-26-17/h5,7-9,11,15H,3-4,6,10,12-13H2,1-2H3,(H,20,24)/t15-/m0/s1. The molecule has 1 fully saturated rings. The third-order valence-corrected chi connectivity index (χ3v) is 5.44. The summed E-state index contributed by atoms with van der Waals surface area (Å²) in [4.78, 5) is 29.5. The van der Waals surface area contributed by atoms with Gasteiger partial charge in [0.05, 0.1) is 11.4 Å². The number of nitrogens with one attached hydrogen (secondary N) is 1.